The van der Waals surface area contributed by atoms with Crippen LogP contribution in [-0.4, -0.2) is 41.0 Å². The lowest BCUT2D eigenvalue weighted by atomic mass is 10.2. The van der Waals surface area contributed by atoms with Gasteiger partial charge in [-0.1, -0.05) is 6.42 Å². The first-order chi connectivity index (χ1) is 8.29. The van der Waals surface area contributed by atoms with Crippen LogP contribution in [0.15, 0.2) is 12.4 Å². The Bertz CT molecular complexity index is 389. The van der Waals surface area contributed by atoms with Gasteiger partial charge < -0.3 is 5.32 Å². The van der Waals surface area contributed by atoms with Gasteiger partial charge in [0.05, 0.1) is 12.4 Å². The maximum atomic E-state index is 11.9. The summed E-state index contributed by atoms with van der Waals surface area (Å²) >= 11 is 0. The minimum atomic E-state index is -0.198. The Morgan fingerprint density at radius 2 is 2.06 bits per heavy atom. The third kappa shape index (κ3) is 3.13. The van der Waals surface area contributed by atoms with Crippen molar-refractivity contribution in [1.29, 1.82) is 0 Å². The Balaban J connectivity index is 1.98. The van der Waals surface area contributed by atoms with Crippen molar-refractivity contribution in [2.45, 2.75) is 19.3 Å². The van der Waals surface area contributed by atoms with Gasteiger partial charge in [-0.2, -0.15) is 0 Å². The van der Waals surface area contributed by atoms with Crippen molar-refractivity contribution < 1.29 is 4.79 Å². The van der Waals surface area contributed by atoms with Gasteiger partial charge >= 0.3 is 0 Å². The van der Waals surface area contributed by atoms with E-state index in [1.165, 1.54) is 12.6 Å². The van der Waals surface area contributed by atoms with Crippen LogP contribution in [0.5, 0.6) is 0 Å². The summed E-state index contributed by atoms with van der Waals surface area (Å²) < 4.78 is 0. The molecule has 0 unspecified atom stereocenters. The first kappa shape index (κ1) is 11.8. The quantitative estimate of drug-likeness (QED) is 0.805. The van der Waals surface area contributed by atoms with E-state index in [2.05, 4.69) is 20.7 Å². The summed E-state index contributed by atoms with van der Waals surface area (Å²) in [5.41, 5.74) is 3.19. The van der Waals surface area contributed by atoms with Crippen LogP contribution in [0, 0.1) is 0 Å². The summed E-state index contributed by atoms with van der Waals surface area (Å²) in [4.78, 5) is 20.0. The van der Waals surface area contributed by atoms with E-state index in [4.69, 9.17) is 0 Å². The van der Waals surface area contributed by atoms with Crippen LogP contribution >= 0.6 is 0 Å². The number of aromatic nitrogens is 2. The predicted molar refractivity (Wildman–Crippen MR) is 64.5 cm³/mol. The number of hydrogen-bond acceptors (Lipinski definition) is 5. The van der Waals surface area contributed by atoms with Crippen molar-refractivity contribution in [3.8, 4) is 0 Å². The fraction of sp³-hybridized carbons (Fsp3) is 0.545. The SMILES string of the molecule is CNc1cncc(C(=O)NN2CCCCC2)n1. The zero-order chi connectivity index (χ0) is 12.1. The highest BCUT2D eigenvalue weighted by Gasteiger charge is 2.15. The molecule has 0 aromatic carbocycles. The fourth-order valence-electron chi connectivity index (χ4n) is 1.80. The van der Waals surface area contributed by atoms with Gasteiger partial charge in [-0.05, 0) is 12.8 Å². The second kappa shape index (κ2) is 5.58. The molecule has 0 aliphatic carbocycles. The highest BCUT2D eigenvalue weighted by molar-refractivity contribution is 5.91. The normalized spacial score (nSPS) is 16.5. The number of hydrogen-bond donors (Lipinski definition) is 2. The summed E-state index contributed by atoms with van der Waals surface area (Å²) in [6, 6.07) is 0. The van der Waals surface area contributed by atoms with E-state index < -0.39 is 0 Å². The first-order valence-corrected chi connectivity index (χ1v) is 5.85. The molecule has 1 saturated heterocycles. The molecule has 6 nitrogen and oxygen atoms in total. The van der Waals surface area contributed by atoms with Crippen LogP contribution in [0.25, 0.3) is 0 Å². The third-order valence-corrected chi connectivity index (χ3v) is 2.74. The molecule has 1 fully saturated rings. The molecular formula is C11H17N5O. The maximum Gasteiger partial charge on any atom is 0.285 e. The molecule has 0 radical (unpaired) electrons. The zero-order valence-corrected chi connectivity index (χ0v) is 9.94. The Hall–Kier alpha value is -1.69. The topological polar surface area (TPSA) is 70.2 Å². The summed E-state index contributed by atoms with van der Waals surface area (Å²) in [6.07, 6.45) is 6.55. The molecule has 1 amide bonds. The van der Waals surface area contributed by atoms with Gasteiger partial charge in [-0.15, -0.1) is 0 Å². The number of carbonyl (C=O) groups is 1. The Morgan fingerprint density at radius 3 is 2.76 bits per heavy atom. The second-order valence-corrected chi connectivity index (χ2v) is 4.03. The Morgan fingerprint density at radius 1 is 1.29 bits per heavy atom. The number of amides is 1. The number of nitrogens with one attached hydrogen (secondary N) is 2. The minimum absolute atomic E-state index is 0.198. The average Bonchev–Trinajstić information content (AvgIpc) is 2.40. The van der Waals surface area contributed by atoms with Gasteiger partial charge in [-0.25, -0.2) is 9.99 Å². The summed E-state index contributed by atoms with van der Waals surface area (Å²) in [6.45, 7) is 1.82. The van der Waals surface area contributed by atoms with Crippen LogP contribution in [0.2, 0.25) is 0 Å². The molecule has 2 rings (SSSR count). The van der Waals surface area contributed by atoms with Crippen molar-refractivity contribution in [3.05, 3.63) is 18.1 Å². The molecule has 0 saturated carbocycles. The standard InChI is InChI=1S/C11H17N5O/c1-12-10-8-13-7-9(14-10)11(17)15-16-5-3-2-4-6-16/h7-8H,2-6H2,1H3,(H,12,14)(H,15,17). The molecule has 0 spiro atoms. The molecule has 1 aliphatic rings. The monoisotopic (exact) mass is 235 g/mol. The molecule has 92 valence electrons. The lowest BCUT2D eigenvalue weighted by Gasteiger charge is -2.26. The van der Waals surface area contributed by atoms with Crippen molar-refractivity contribution in [3.63, 3.8) is 0 Å². The molecular weight excluding hydrogens is 218 g/mol. The Labute approximate surface area is 100 Å². The molecule has 2 N–H and O–H groups in total. The van der Waals surface area contributed by atoms with Gasteiger partial charge in [0.1, 0.15) is 11.5 Å². The molecule has 1 aromatic heterocycles. The van der Waals surface area contributed by atoms with Crippen LogP contribution in [0.1, 0.15) is 29.8 Å². The average molecular weight is 235 g/mol. The third-order valence-electron chi connectivity index (χ3n) is 2.74. The largest absolute Gasteiger partial charge is 0.372 e. The van der Waals surface area contributed by atoms with Crippen molar-refractivity contribution in [2.24, 2.45) is 0 Å². The number of piperidine rings is 1. The van der Waals surface area contributed by atoms with E-state index in [0.717, 1.165) is 25.9 Å². The lowest BCUT2D eigenvalue weighted by Crippen LogP contribution is -2.45. The fourth-order valence-corrected chi connectivity index (χ4v) is 1.80. The number of carbonyl (C=O) groups excluding carboxylic acids is 1. The van der Waals surface area contributed by atoms with Crippen LogP contribution in [-0.2, 0) is 0 Å². The van der Waals surface area contributed by atoms with Crippen molar-refractivity contribution >= 4 is 11.7 Å². The van der Waals surface area contributed by atoms with Gasteiger partial charge in [0.2, 0.25) is 0 Å². The smallest absolute Gasteiger partial charge is 0.285 e. The van der Waals surface area contributed by atoms with E-state index in [0.29, 0.717) is 11.5 Å². The number of anilines is 1. The molecule has 6 heteroatoms. The van der Waals surface area contributed by atoms with Gasteiger partial charge in [0.25, 0.3) is 5.91 Å². The Kier molecular flexibility index (Phi) is 3.87. The van der Waals surface area contributed by atoms with Gasteiger partial charge in [-0.3, -0.25) is 15.2 Å². The number of hydrazine groups is 1. The van der Waals surface area contributed by atoms with E-state index in [1.54, 1.807) is 13.2 Å². The molecule has 2 heterocycles. The van der Waals surface area contributed by atoms with Crippen molar-refractivity contribution in [2.75, 3.05) is 25.5 Å². The van der Waals surface area contributed by atoms with Crippen LogP contribution in [0.4, 0.5) is 5.82 Å². The molecule has 0 atom stereocenters. The van der Waals surface area contributed by atoms with E-state index in [-0.39, 0.29) is 5.91 Å². The zero-order valence-electron chi connectivity index (χ0n) is 9.94. The summed E-state index contributed by atoms with van der Waals surface area (Å²) in [5.74, 6) is 0.396. The lowest BCUT2D eigenvalue weighted by molar-refractivity contribution is 0.0744. The first-order valence-electron chi connectivity index (χ1n) is 5.85. The summed E-state index contributed by atoms with van der Waals surface area (Å²) in [5, 5.41) is 4.80. The van der Waals surface area contributed by atoms with Crippen molar-refractivity contribution in [1.82, 2.24) is 20.4 Å². The van der Waals surface area contributed by atoms with E-state index in [9.17, 15) is 4.79 Å². The van der Waals surface area contributed by atoms with E-state index in [1.807, 2.05) is 5.01 Å². The number of rotatable bonds is 3. The van der Waals surface area contributed by atoms with Gasteiger partial charge in [0, 0.05) is 20.1 Å². The highest BCUT2D eigenvalue weighted by atomic mass is 16.2. The van der Waals surface area contributed by atoms with Crippen LogP contribution in [0.3, 0.4) is 0 Å². The number of nitrogens with zero attached hydrogens (tertiary/aromatic N) is 3. The van der Waals surface area contributed by atoms with Gasteiger partial charge in [0.15, 0.2) is 0 Å². The molecule has 0 bridgehead atoms. The molecule has 1 aromatic rings. The second-order valence-electron chi connectivity index (χ2n) is 4.03. The van der Waals surface area contributed by atoms with E-state index >= 15 is 0 Å². The summed E-state index contributed by atoms with van der Waals surface area (Å²) in [7, 11) is 1.75. The molecule has 17 heavy (non-hydrogen) atoms. The maximum absolute atomic E-state index is 11.9. The van der Waals surface area contributed by atoms with Crippen LogP contribution < -0.4 is 10.7 Å². The predicted octanol–water partition coefficient (Wildman–Crippen LogP) is 0.649. The minimum Gasteiger partial charge on any atom is -0.372 e. The molecule has 1 aliphatic heterocycles. The highest BCUT2D eigenvalue weighted by Crippen LogP contribution is 2.07.